The zero-order chi connectivity index (χ0) is 10.3. The summed E-state index contributed by atoms with van der Waals surface area (Å²) in [5.41, 5.74) is 3.78. The average Bonchev–Trinajstić information content (AvgIpc) is 2.85. The fourth-order valence-electron chi connectivity index (χ4n) is 2.27. The molecule has 0 bridgehead atoms. The van der Waals surface area contributed by atoms with Crippen molar-refractivity contribution >= 4 is 0 Å². The number of rotatable bonds is 1. The Morgan fingerprint density at radius 3 is 3.13 bits per heavy atom. The van der Waals surface area contributed by atoms with E-state index in [1.54, 1.807) is 12.5 Å². The minimum Gasteiger partial charge on any atom is -0.472 e. The van der Waals surface area contributed by atoms with Gasteiger partial charge in [-0.2, -0.15) is 0 Å². The minimum atomic E-state index is 0.444. The Labute approximate surface area is 88.7 Å². The van der Waals surface area contributed by atoms with Crippen LogP contribution in [-0.2, 0) is 6.54 Å². The molecule has 0 aromatic carbocycles. The largest absolute Gasteiger partial charge is 0.472 e. The summed E-state index contributed by atoms with van der Waals surface area (Å²) in [5, 5.41) is 3.45. The van der Waals surface area contributed by atoms with Crippen molar-refractivity contribution in [1.29, 1.82) is 0 Å². The predicted octanol–water partition coefficient (Wildman–Crippen LogP) is 2.41. The van der Waals surface area contributed by atoms with Gasteiger partial charge in [-0.15, -0.1) is 0 Å². The lowest BCUT2D eigenvalue weighted by Gasteiger charge is -2.24. The van der Waals surface area contributed by atoms with Crippen LogP contribution >= 0.6 is 0 Å². The van der Waals surface area contributed by atoms with Gasteiger partial charge in [0.1, 0.15) is 0 Å². The second kappa shape index (κ2) is 3.28. The fraction of sp³-hybridized carbons (Fsp3) is 0.333. The van der Waals surface area contributed by atoms with Crippen LogP contribution in [0.25, 0.3) is 11.3 Å². The van der Waals surface area contributed by atoms with Crippen molar-refractivity contribution in [3.05, 3.63) is 36.4 Å². The SMILES string of the molecule is CC1NCCn2c(-c3ccoc3)ccc21. The standard InChI is InChI=1S/C12H14N2O/c1-9-11-2-3-12(10-4-7-15-8-10)14(11)6-5-13-9/h2-4,7-9,13H,5-6H2,1H3. The predicted molar refractivity (Wildman–Crippen MR) is 58.6 cm³/mol. The van der Waals surface area contributed by atoms with Crippen molar-refractivity contribution in [2.45, 2.75) is 19.5 Å². The third-order valence-electron chi connectivity index (χ3n) is 3.06. The van der Waals surface area contributed by atoms with E-state index in [1.165, 1.54) is 11.4 Å². The summed E-state index contributed by atoms with van der Waals surface area (Å²) in [5.74, 6) is 0. The highest BCUT2D eigenvalue weighted by Crippen LogP contribution is 2.27. The van der Waals surface area contributed by atoms with Crippen molar-refractivity contribution in [3.63, 3.8) is 0 Å². The third-order valence-corrected chi connectivity index (χ3v) is 3.06. The van der Waals surface area contributed by atoms with Crippen molar-refractivity contribution in [3.8, 4) is 11.3 Å². The van der Waals surface area contributed by atoms with Crippen LogP contribution in [0.4, 0.5) is 0 Å². The summed E-state index contributed by atoms with van der Waals surface area (Å²) < 4.78 is 7.49. The molecular formula is C12H14N2O. The molecule has 1 unspecified atom stereocenters. The van der Waals surface area contributed by atoms with Crippen molar-refractivity contribution in [1.82, 2.24) is 9.88 Å². The Hall–Kier alpha value is -1.48. The Balaban J connectivity index is 2.11. The van der Waals surface area contributed by atoms with E-state index in [4.69, 9.17) is 4.42 Å². The van der Waals surface area contributed by atoms with Gasteiger partial charge < -0.3 is 14.3 Å². The van der Waals surface area contributed by atoms with Gasteiger partial charge in [0.15, 0.2) is 0 Å². The molecule has 2 aromatic rings. The maximum Gasteiger partial charge on any atom is 0.0995 e. The smallest absolute Gasteiger partial charge is 0.0995 e. The van der Waals surface area contributed by atoms with Crippen LogP contribution in [0, 0.1) is 0 Å². The van der Waals surface area contributed by atoms with Crippen molar-refractivity contribution in [2.24, 2.45) is 0 Å². The Kier molecular flexibility index (Phi) is 1.92. The molecule has 0 amide bonds. The molecule has 3 heteroatoms. The molecule has 1 N–H and O–H groups in total. The first-order valence-electron chi connectivity index (χ1n) is 5.31. The van der Waals surface area contributed by atoms with E-state index in [1.807, 2.05) is 6.07 Å². The number of fused-ring (bicyclic) bond motifs is 1. The normalized spacial score (nSPS) is 20.2. The summed E-state index contributed by atoms with van der Waals surface area (Å²) in [6, 6.07) is 6.82. The van der Waals surface area contributed by atoms with E-state index in [-0.39, 0.29) is 0 Å². The number of furan rings is 1. The summed E-state index contributed by atoms with van der Waals surface area (Å²) in [6.07, 6.45) is 3.52. The average molecular weight is 202 g/mol. The lowest BCUT2D eigenvalue weighted by Crippen LogP contribution is -2.31. The molecule has 0 fully saturated rings. The van der Waals surface area contributed by atoms with E-state index in [2.05, 4.69) is 28.9 Å². The van der Waals surface area contributed by atoms with Crippen molar-refractivity contribution in [2.75, 3.05) is 6.54 Å². The molecule has 2 aromatic heterocycles. The van der Waals surface area contributed by atoms with Gasteiger partial charge in [0.2, 0.25) is 0 Å². The molecule has 1 aliphatic heterocycles. The second-order valence-electron chi connectivity index (χ2n) is 3.98. The number of hydrogen-bond donors (Lipinski definition) is 1. The van der Waals surface area contributed by atoms with Gasteiger partial charge >= 0.3 is 0 Å². The van der Waals surface area contributed by atoms with Crippen LogP contribution in [0.2, 0.25) is 0 Å². The molecule has 15 heavy (non-hydrogen) atoms. The number of nitrogens with one attached hydrogen (secondary N) is 1. The van der Waals surface area contributed by atoms with Gasteiger partial charge in [0, 0.05) is 30.4 Å². The highest BCUT2D eigenvalue weighted by atomic mass is 16.3. The second-order valence-corrected chi connectivity index (χ2v) is 3.98. The fourth-order valence-corrected chi connectivity index (χ4v) is 2.27. The molecule has 1 atom stereocenters. The maximum atomic E-state index is 5.13. The number of aromatic nitrogens is 1. The molecule has 78 valence electrons. The summed E-state index contributed by atoms with van der Waals surface area (Å²) in [6.45, 7) is 4.27. The van der Waals surface area contributed by atoms with E-state index in [9.17, 15) is 0 Å². The molecule has 0 spiro atoms. The molecule has 3 heterocycles. The van der Waals surface area contributed by atoms with Gasteiger partial charge in [0.05, 0.1) is 18.2 Å². The van der Waals surface area contributed by atoms with Crippen LogP contribution in [0.3, 0.4) is 0 Å². The van der Waals surface area contributed by atoms with E-state index < -0.39 is 0 Å². The zero-order valence-electron chi connectivity index (χ0n) is 8.73. The molecular weight excluding hydrogens is 188 g/mol. The van der Waals surface area contributed by atoms with Gasteiger partial charge in [-0.1, -0.05) is 0 Å². The lowest BCUT2D eigenvalue weighted by atomic mass is 10.2. The molecule has 0 aliphatic carbocycles. The topological polar surface area (TPSA) is 30.1 Å². The summed E-state index contributed by atoms with van der Waals surface area (Å²) in [4.78, 5) is 0. The molecule has 0 saturated carbocycles. The van der Waals surface area contributed by atoms with E-state index in [0.717, 1.165) is 18.7 Å². The molecule has 3 nitrogen and oxygen atoms in total. The Bertz CT molecular complexity index is 456. The Morgan fingerprint density at radius 2 is 2.33 bits per heavy atom. The molecule has 0 saturated heterocycles. The van der Waals surface area contributed by atoms with Crippen LogP contribution in [0.1, 0.15) is 18.7 Å². The maximum absolute atomic E-state index is 5.13. The lowest BCUT2D eigenvalue weighted by molar-refractivity contribution is 0.451. The summed E-state index contributed by atoms with van der Waals surface area (Å²) >= 11 is 0. The van der Waals surface area contributed by atoms with Gasteiger partial charge in [0.25, 0.3) is 0 Å². The third kappa shape index (κ3) is 1.31. The molecule has 1 aliphatic rings. The molecule has 0 radical (unpaired) electrons. The quantitative estimate of drug-likeness (QED) is 0.769. The first-order valence-corrected chi connectivity index (χ1v) is 5.31. The van der Waals surface area contributed by atoms with Crippen LogP contribution in [-0.4, -0.2) is 11.1 Å². The highest BCUT2D eigenvalue weighted by molar-refractivity contribution is 5.59. The monoisotopic (exact) mass is 202 g/mol. The van der Waals surface area contributed by atoms with Gasteiger partial charge in [-0.3, -0.25) is 0 Å². The zero-order valence-corrected chi connectivity index (χ0v) is 8.73. The first-order chi connectivity index (χ1) is 7.36. The van der Waals surface area contributed by atoms with Crippen LogP contribution in [0.15, 0.2) is 35.1 Å². The van der Waals surface area contributed by atoms with Crippen LogP contribution < -0.4 is 5.32 Å². The van der Waals surface area contributed by atoms with Gasteiger partial charge in [-0.25, -0.2) is 0 Å². The summed E-state index contributed by atoms with van der Waals surface area (Å²) in [7, 11) is 0. The number of hydrogen-bond acceptors (Lipinski definition) is 2. The number of nitrogens with zero attached hydrogens (tertiary/aromatic N) is 1. The highest BCUT2D eigenvalue weighted by Gasteiger charge is 2.18. The minimum absolute atomic E-state index is 0.444. The van der Waals surface area contributed by atoms with Crippen molar-refractivity contribution < 1.29 is 4.42 Å². The van der Waals surface area contributed by atoms with Crippen LogP contribution in [0.5, 0.6) is 0 Å². The first kappa shape index (κ1) is 8.80. The van der Waals surface area contributed by atoms with Gasteiger partial charge in [-0.05, 0) is 25.1 Å². The molecule has 3 rings (SSSR count). The Morgan fingerprint density at radius 1 is 1.40 bits per heavy atom. The van der Waals surface area contributed by atoms with E-state index >= 15 is 0 Å². The van der Waals surface area contributed by atoms with E-state index in [0.29, 0.717) is 6.04 Å².